The molecule has 1 aromatic carbocycles. The van der Waals surface area contributed by atoms with Crippen molar-refractivity contribution in [1.82, 2.24) is 4.98 Å². The molecule has 0 fully saturated rings. The zero-order valence-electron chi connectivity index (χ0n) is 13.6. The molecule has 24 heavy (non-hydrogen) atoms. The smallest absolute Gasteiger partial charge is 0.350 e. The lowest BCUT2D eigenvalue weighted by molar-refractivity contribution is 0.0605. The number of aryl methyl sites for hydroxylation is 1. The van der Waals surface area contributed by atoms with Gasteiger partial charge in [-0.15, -0.1) is 0 Å². The average molecular weight is 368 g/mol. The van der Waals surface area contributed by atoms with Crippen molar-refractivity contribution in [3.05, 3.63) is 39.4 Å². The fourth-order valence-electron chi connectivity index (χ4n) is 1.81. The number of aromatic nitrogens is 1. The molecule has 0 unspecified atom stereocenters. The third-order valence-corrected chi connectivity index (χ3v) is 4.30. The number of hydrogen-bond acceptors (Lipinski definition) is 7. The summed E-state index contributed by atoms with van der Waals surface area (Å²) in [5.41, 5.74) is 4.22. The lowest BCUT2D eigenvalue weighted by Gasteiger charge is -2.06. The first-order valence-corrected chi connectivity index (χ1v) is 8.51. The van der Waals surface area contributed by atoms with Crippen LogP contribution in [0.2, 0.25) is 5.02 Å². The molecule has 0 amide bonds. The monoisotopic (exact) mass is 367 g/mol. The summed E-state index contributed by atoms with van der Waals surface area (Å²) in [4.78, 5) is 16.2. The van der Waals surface area contributed by atoms with E-state index in [1.54, 1.807) is 19.2 Å². The molecule has 0 bridgehead atoms. The molecular weight excluding hydrogens is 350 g/mol. The summed E-state index contributed by atoms with van der Waals surface area (Å²) in [6.07, 6.45) is 2.54. The van der Waals surface area contributed by atoms with Crippen LogP contribution in [0.25, 0.3) is 0 Å². The van der Waals surface area contributed by atoms with Gasteiger partial charge in [-0.2, -0.15) is 5.10 Å². The Hall–Kier alpha value is -2.12. The summed E-state index contributed by atoms with van der Waals surface area (Å²) in [6, 6.07) is 5.43. The van der Waals surface area contributed by atoms with Crippen LogP contribution >= 0.6 is 22.9 Å². The van der Waals surface area contributed by atoms with Crippen LogP contribution in [-0.2, 0) is 4.74 Å². The van der Waals surface area contributed by atoms with Gasteiger partial charge in [0, 0.05) is 0 Å². The number of ether oxygens (including phenoxy) is 2. The molecule has 2 aromatic rings. The predicted molar refractivity (Wildman–Crippen MR) is 96.6 cm³/mol. The molecule has 0 aliphatic carbocycles. The van der Waals surface area contributed by atoms with Crippen molar-refractivity contribution < 1.29 is 14.3 Å². The van der Waals surface area contributed by atoms with Crippen molar-refractivity contribution in [3.63, 3.8) is 0 Å². The van der Waals surface area contributed by atoms with Gasteiger partial charge in [0.15, 0.2) is 0 Å². The quantitative estimate of drug-likeness (QED) is 0.452. The van der Waals surface area contributed by atoms with Crippen LogP contribution in [0.1, 0.15) is 34.3 Å². The zero-order valence-corrected chi connectivity index (χ0v) is 15.2. The van der Waals surface area contributed by atoms with E-state index in [0.29, 0.717) is 33.1 Å². The van der Waals surface area contributed by atoms with Crippen LogP contribution in [0.5, 0.6) is 5.75 Å². The topological polar surface area (TPSA) is 72.8 Å². The molecule has 6 nitrogen and oxygen atoms in total. The van der Waals surface area contributed by atoms with E-state index < -0.39 is 5.97 Å². The number of rotatable bonds is 7. The van der Waals surface area contributed by atoms with Crippen molar-refractivity contribution >= 4 is 40.3 Å². The molecule has 0 aliphatic heterocycles. The largest absolute Gasteiger partial charge is 0.492 e. The van der Waals surface area contributed by atoms with E-state index in [9.17, 15) is 4.79 Å². The van der Waals surface area contributed by atoms with Crippen LogP contribution in [0.15, 0.2) is 23.3 Å². The summed E-state index contributed by atoms with van der Waals surface area (Å²) in [5.74, 6) is 0.248. The first-order valence-electron chi connectivity index (χ1n) is 7.32. The second-order valence-corrected chi connectivity index (χ2v) is 6.24. The Labute approximate surface area is 149 Å². The van der Waals surface area contributed by atoms with E-state index in [1.807, 2.05) is 19.1 Å². The molecule has 2 rings (SSSR count). The minimum atomic E-state index is -0.406. The molecule has 0 spiro atoms. The number of hydrogen-bond donors (Lipinski definition) is 1. The number of carbonyl (C=O) groups excluding carboxylic acids is 1. The Morgan fingerprint density at radius 2 is 2.29 bits per heavy atom. The number of methoxy groups -OCH3 is 1. The fourth-order valence-corrected chi connectivity index (χ4v) is 2.89. The van der Waals surface area contributed by atoms with Crippen LogP contribution in [-0.4, -0.2) is 30.9 Å². The zero-order chi connectivity index (χ0) is 17.5. The molecule has 0 atom stereocenters. The molecule has 0 aliphatic rings. The van der Waals surface area contributed by atoms with Crippen LogP contribution in [0.3, 0.4) is 0 Å². The number of thiazole rings is 1. The van der Waals surface area contributed by atoms with Crippen molar-refractivity contribution in [2.24, 2.45) is 5.10 Å². The van der Waals surface area contributed by atoms with Gasteiger partial charge in [0.2, 0.25) is 5.13 Å². The average Bonchev–Trinajstić information content (AvgIpc) is 2.94. The highest BCUT2D eigenvalue weighted by molar-refractivity contribution is 7.17. The maximum atomic E-state index is 11.5. The molecule has 0 radical (unpaired) electrons. The van der Waals surface area contributed by atoms with Gasteiger partial charge in [-0.3, -0.25) is 5.43 Å². The second-order valence-electron chi connectivity index (χ2n) is 4.83. The summed E-state index contributed by atoms with van der Waals surface area (Å²) < 4.78 is 10.2. The van der Waals surface area contributed by atoms with Gasteiger partial charge in [0.25, 0.3) is 0 Å². The first-order chi connectivity index (χ1) is 11.5. The Kier molecular flexibility index (Phi) is 6.57. The van der Waals surface area contributed by atoms with E-state index in [1.165, 1.54) is 18.4 Å². The Morgan fingerprint density at radius 1 is 1.50 bits per heavy atom. The molecular formula is C16H18ClN3O3S. The van der Waals surface area contributed by atoms with Crippen molar-refractivity contribution in [1.29, 1.82) is 0 Å². The Morgan fingerprint density at radius 3 is 2.96 bits per heavy atom. The lowest BCUT2D eigenvalue weighted by Crippen LogP contribution is -1.99. The maximum Gasteiger partial charge on any atom is 0.350 e. The lowest BCUT2D eigenvalue weighted by atomic mass is 10.2. The Balaban J connectivity index is 2.01. The predicted octanol–water partition coefficient (Wildman–Crippen LogP) is 4.13. The van der Waals surface area contributed by atoms with Crippen molar-refractivity contribution in [3.8, 4) is 5.75 Å². The number of esters is 1. The highest BCUT2D eigenvalue weighted by Crippen LogP contribution is 2.25. The number of hydrazone groups is 1. The minimum absolute atomic E-state index is 0.406. The molecule has 1 heterocycles. The standard InChI is InChI=1S/C16H18ClN3O3S/c1-4-7-23-13-6-5-11(8-12(13)17)9-18-20-16-19-10(2)14(24-16)15(21)22-3/h5-6,8-9H,4,7H2,1-3H3,(H,19,20)/b18-9-. The highest BCUT2D eigenvalue weighted by Gasteiger charge is 2.15. The van der Waals surface area contributed by atoms with Gasteiger partial charge >= 0.3 is 5.97 Å². The van der Waals surface area contributed by atoms with Gasteiger partial charge in [0.1, 0.15) is 10.6 Å². The van der Waals surface area contributed by atoms with Crippen LogP contribution < -0.4 is 10.2 Å². The molecule has 1 N–H and O–H groups in total. The molecule has 1 aromatic heterocycles. The fraction of sp³-hybridized carbons (Fsp3) is 0.312. The summed E-state index contributed by atoms with van der Waals surface area (Å²) in [7, 11) is 1.34. The summed E-state index contributed by atoms with van der Waals surface area (Å²) in [5, 5.41) is 5.15. The normalized spacial score (nSPS) is 10.8. The number of nitrogens with zero attached hydrogens (tertiary/aromatic N) is 2. The van der Waals surface area contributed by atoms with E-state index in [-0.39, 0.29) is 0 Å². The van der Waals surface area contributed by atoms with Gasteiger partial charge in [-0.25, -0.2) is 9.78 Å². The number of benzene rings is 1. The van der Waals surface area contributed by atoms with Gasteiger partial charge in [-0.1, -0.05) is 29.9 Å². The molecule has 0 saturated heterocycles. The maximum absolute atomic E-state index is 11.5. The minimum Gasteiger partial charge on any atom is -0.492 e. The van der Waals surface area contributed by atoms with Crippen molar-refractivity contribution in [2.75, 3.05) is 19.1 Å². The Bertz CT molecular complexity index is 746. The third kappa shape index (κ3) is 4.69. The highest BCUT2D eigenvalue weighted by atomic mass is 35.5. The first kappa shape index (κ1) is 18.2. The van der Waals surface area contributed by atoms with Crippen LogP contribution in [0.4, 0.5) is 5.13 Å². The second kappa shape index (κ2) is 8.65. The number of anilines is 1. The van der Waals surface area contributed by atoms with Gasteiger partial charge in [0.05, 0.1) is 30.6 Å². The van der Waals surface area contributed by atoms with E-state index in [0.717, 1.165) is 12.0 Å². The van der Waals surface area contributed by atoms with E-state index in [4.69, 9.17) is 21.1 Å². The summed E-state index contributed by atoms with van der Waals surface area (Å²) >= 11 is 7.35. The van der Waals surface area contributed by atoms with E-state index >= 15 is 0 Å². The van der Waals surface area contributed by atoms with Gasteiger partial charge in [-0.05, 0) is 37.1 Å². The van der Waals surface area contributed by atoms with E-state index in [2.05, 4.69) is 15.5 Å². The third-order valence-electron chi connectivity index (χ3n) is 2.96. The molecule has 8 heteroatoms. The molecule has 0 saturated carbocycles. The number of nitrogens with one attached hydrogen (secondary N) is 1. The van der Waals surface area contributed by atoms with Crippen LogP contribution in [0, 0.1) is 6.92 Å². The SMILES string of the molecule is CCCOc1ccc(/C=N\Nc2nc(C)c(C(=O)OC)s2)cc1Cl. The van der Waals surface area contributed by atoms with Crippen molar-refractivity contribution in [2.45, 2.75) is 20.3 Å². The van der Waals surface area contributed by atoms with Gasteiger partial charge < -0.3 is 9.47 Å². The summed E-state index contributed by atoms with van der Waals surface area (Å²) in [6.45, 7) is 4.40. The number of halogens is 1. The number of carbonyl (C=O) groups is 1. The molecule has 128 valence electrons.